The average Bonchev–Trinajstić information content (AvgIpc) is 2.05. The van der Waals surface area contributed by atoms with Crippen LogP contribution in [0.4, 0.5) is 0 Å². The van der Waals surface area contributed by atoms with Crippen molar-refractivity contribution in [1.29, 1.82) is 0 Å². The highest BCUT2D eigenvalue weighted by Crippen LogP contribution is 2.27. The van der Waals surface area contributed by atoms with Crippen LogP contribution < -0.4 is 0 Å². The van der Waals surface area contributed by atoms with Crippen LogP contribution in [0.1, 0.15) is 39.0 Å². The second-order valence-corrected chi connectivity index (χ2v) is 3.34. The van der Waals surface area contributed by atoms with E-state index in [0.29, 0.717) is 6.10 Å². The monoisotopic (exact) mass is 142 g/mol. The summed E-state index contributed by atoms with van der Waals surface area (Å²) in [6.07, 6.45) is 7.52. The van der Waals surface area contributed by atoms with E-state index in [4.69, 9.17) is 4.74 Å². The molecule has 1 aliphatic carbocycles. The van der Waals surface area contributed by atoms with E-state index in [1.807, 2.05) is 7.11 Å². The van der Waals surface area contributed by atoms with Crippen LogP contribution in [0.25, 0.3) is 0 Å². The van der Waals surface area contributed by atoms with Gasteiger partial charge in [-0.05, 0) is 25.7 Å². The molecule has 60 valence electrons. The van der Waals surface area contributed by atoms with Crippen molar-refractivity contribution in [1.82, 2.24) is 0 Å². The van der Waals surface area contributed by atoms with Crippen LogP contribution in [0.3, 0.4) is 0 Å². The summed E-state index contributed by atoms with van der Waals surface area (Å²) in [6, 6.07) is 0. The third-order valence-electron chi connectivity index (χ3n) is 2.69. The third kappa shape index (κ3) is 1.98. The Morgan fingerprint density at radius 3 is 2.30 bits per heavy atom. The highest BCUT2D eigenvalue weighted by molar-refractivity contribution is 4.70. The lowest BCUT2D eigenvalue weighted by Crippen LogP contribution is -2.21. The molecule has 1 rings (SSSR count). The second-order valence-electron chi connectivity index (χ2n) is 3.34. The van der Waals surface area contributed by atoms with Crippen LogP contribution in [-0.2, 0) is 4.74 Å². The summed E-state index contributed by atoms with van der Waals surface area (Å²) in [4.78, 5) is 0. The van der Waals surface area contributed by atoms with E-state index in [-0.39, 0.29) is 0 Å². The zero-order chi connectivity index (χ0) is 7.40. The summed E-state index contributed by atoms with van der Waals surface area (Å²) >= 11 is 0. The normalized spacial score (nSPS) is 24.6. The van der Waals surface area contributed by atoms with Crippen LogP contribution in [0.5, 0.6) is 0 Å². The largest absolute Gasteiger partial charge is 0.381 e. The van der Waals surface area contributed by atoms with Crippen molar-refractivity contribution in [3.63, 3.8) is 0 Å². The molecule has 0 heterocycles. The molecule has 0 spiro atoms. The van der Waals surface area contributed by atoms with Crippen molar-refractivity contribution in [3.05, 3.63) is 0 Å². The summed E-state index contributed by atoms with van der Waals surface area (Å²) in [7, 11) is 1.82. The number of methoxy groups -OCH3 is 1. The fourth-order valence-corrected chi connectivity index (χ4v) is 1.80. The predicted molar refractivity (Wildman–Crippen MR) is 43.0 cm³/mol. The molecule has 10 heavy (non-hydrogen) atoms. The Hall–Kier alpha value is -0.0400. The van der Waals surface area contributed by atoms with Gasteiger partial charge in [-0.3, -0.25) is 0 Å². The van der Waals surface area contributed by atoms with E-state index < -0.39 is 0 Å². The van der Waals surface area contributed by atoms with Gasteiger partial charge in [-0.1, -0.05) is 19.3 Å². The predicted octanol–water partition coefficient (Wildman–Crippen LogP) is 2.60. The van der Waals surface area contributed by atoms with Crippen molar-refractivity contribution in [2.45, 2.75) is 45.1 Å². The molecule has 0 aliphatic heterocycles. The standard InChI is InChI=1S/C9H18O/c1-8(10-2)9-6-4-3-5-7-9/h8-9H,3-7H2,1-2H3. The summed E-state index contributed by atoms with van der Waals surface area (Å²) in [5, 5.41) is 0. The Labute approximate surface area is 63.8 Å². The van der Waals surface area contributed by atoms with Crippen LogP contribution in [0.2, 0.25) is 0 Å². The number of hydrogen-bond acceptors (Lipinski definition) is 1. The maximum atomic E-state index is 5.29. The molecular formula is C9H18O. The quantitative estimate of drug-likeness (QED) is 0.576. The molecule has 1 heteroatoms. The van der Waals surface area contributed by atoms with Gasteiger partial charge in [-0.15, -0.1) is 0 Å². The molecular weight excluding hydrogens is 124 g/mol. The number of hydrogen-bond donors (Lipinski definition) is 0. The maximum absolute atomic E-state index is 5.29. The van der Waals surface area contributed by atoms with Crippen LogP contribution in [-0.4, -0.2) is 13.2 Å². The first-order valence-electron chi connectivity index (χ1n) is 4.37. The fourth-order valence-electron chi connectivity index (χ4n) is 1.80. The zero-order valence-corrected chi connectivity index (χ0v) is 7.10. The van der Waals surface area contributed by atoms with Gasteiger partial charge in [0.2, 0.25) is 0 Å². The average molecular weight is 142 g/mol. The minimum atomic E-state index is 0.486. The van der Waals surface area contributed by atoms with Crippen molar-refractivity contribution < 1.29 is 4.74 Å². The topological polar surface area (TPSA) is 9.23 Å². The third-order valence-corrected chi connectivity index (χ3v) is 2.69. The van der Waals surface area contributed by atoms with Gasteiger partial charge >= 0.3 is 0 Å². The molecule has 0 aromatic carbocycles. The Kier molecular flexibility index (Phi) is 3.20. The van der Waals surface area contributed by atoms with Gasteiger partial charge in [-0.2, -0.15) is 0 Å². The van der Waals surface area contributed by atoms with Gasteiger partial charge in [0.15, 0.2) is 0 Å². The van der Waals surface area contributed by atoms with Crippen LogP contribution in [0, 0.1) is 5.92 Å². The van der Waals surface area contributed by atoms with E-state index in [1.165, 1.54) is 32.1 Å². The molecule has 1 nitrogen and oxygen atoms in total. The van der Waals surface area contributed by atoms with Crippen molar-refractivity contribution >= 4 is 0 Å². The van der Waals surface area contributed by atoms with Crippen LogP contribution in [0.15, 0.2) is 0 Å². The first-order chi connectivity index (χ1) is 4.84. The lowest BCUT2D eigenvalue weighted by molar-refractivity contribution is 0.0507. The van der Waals surface area contributed by atoms with Gasteiger partial charge in [-0.25, -0.2) is 0 Å². The fraction of sp³-hybridized carbons (Fsp3) is 1.00. The molecule has 0 radical (unpaired) electrons. The van der Waals surface area contributed by atoms with Gasteiger partial charge in [0, 0.05) is 7.11 Å². The first kappa shape index (κ1) is 8.06. The van der Waals surface area contributed by atoms with Crippen molar-refractivity contribution in [3.8, 4) is 0 Å². The second kappa shape index (κ2) is 3.97. The molecule has 0 aromatic heterocycles. The summed E-state index contributed by atoms with van der Waals surface area (Å²) in [5.74, 6) is 0.846. The van der Waals surface area contributed by atoms with E-state index in [2.05, 4.69) is 6.92 Å². The van der Waals surface area contributed by atoms with Gasteiger partial charge in [0.1, 0.15) is 0 Å². The molecule has 1 atom stereocenters. The summed E-state index contributed by atoms with van der Waals surface area (Å²) in [6.45, 7) is 2.19. The highest BCUT2D eigenvalue weighted by atomic mass is 16.5. The van der Waals surface area contributed by atoms with E-state index in [1.54, 1.807) is 0 Å². The SMILES string of the molecule is COC(C)C1CCCCC1. The lowest BCUT2D eigenvalue weighted by Gasteiger charge is -2.26. The van der Waals surface area contributed by atoms with E-state index in [0.717, 1.165) is 5.92 Å². The highest BCUT2D eigenvalue weighted by Gasteiger charge is 2.18. The van der Waals surface area contributed by atoms with Crippen molar-refractivity contribution in [2.24, 2.45) is 5.92 Å². The number of rotatable bonds is 2. The molecule has 0 amide bonds. The molecule has 0 saturated heterocycles. The minimum absolute atomic E-state index is 0.486. The molecule has 1 fully saturated rings. The van der Waals surface area contributed by atoms with E-state index in [9.17, 15) is 0 Å². The molecule has 0 bridgehead atoms. The Bertz CT molecular complexity index is 84.7. The maximum Gasteiger partial charge on any atom is 0.0571 e. The van der Waals surface area contributed by atoms with Crippen LogP contribution >= 0.6 is 0 Å². The Morgan fingerprint density at radius 1 is 1.20 bits per heavy atom. The smallest absolute Gasteiger partial charge is 0.0571 e. The minimum Gasteiger partial charge on any atom is -0.381 e. The first-order valence-corrected chi connectivity index (χ1v) is 4.37. The molecule has 1 saturated carbocycles. The Balaban J connectivity index is 2.24. The summed E-state index contributed by atoms with van der Waals surface area (Å²) < 4.78 is 5.29. The van der Waals surface area contributed by atoms with Gasteiger partial charge < -0.3 is 4.74 Å². The Morgan fingerprint density at radius 2 is 1.80 bits per heavy atom. The van der Waals surface area contributed by atoms with Crippen molar-refractivity contribution in [2.75, 3.05) is 7.11 Å². The lowest BCUT2D eigenvalue weighted by atomic mass is 9.86. The summed E-state index contributed by atoms with van der Waals surface area (Å²) in [5.41, 5.74) is 0. The zero-order valence-electron chi connectivity index (χ0n) is 7.10. The molecule has 1 unspecified atom stereocenters. The van der Waals surface area contributed by atoms with Gasteiger partial charge in [0.25, 0.3) is 0 Å². The molecule has 0 aromatic rings. The van der Waals surface area contributed by atoms with Gasteiger partial charge in [0.05, 0.1) is 6.10 Å². The van der Waals surface area contributed by atoms with E-state index >= 15 is 0 Å². The number of ether oxygens (including phenoxy) is 1. The molecule has 0 N–H and O–H groups in total. The molecule has 1 aliphatic rings.